The lowest BCUT2D eigenvalue weighted by Crippen LogP contribution is -1.97. The molecule has 0 saturated heterocycles. The zero-order valence-corrected chi connectivity index (χ0v) is 10.2. The molecule has 0 spiro atoms. The summed E-state index contributed by atoms with van der Waals surface area (Å²) in [5.74, 6) is -0.227. The van der Waals surface area contributed by atoms with Crippen LogP contribution in [0.25, 0.3) is 11.1 Å². The van der Waals surface area contributed by atoms with Gasteiger partial charge in [0.1, 0.15) is 5.82 Å². The molecule has 0 heterocycles. The highest BCUT2D eigenvalue weighted by Gasteiger charge is 2.03. The minimum absolute atomic E-state index is 0.227. The molecule has 1 nitrogen and oxygen atoms in total. The van der Waals surface area contributed by atoms with E-state index in [9.17, 15) is 4.39 Å². The molecule has 82 valence electrons. The standard InChI is InChI=1S/C13H11BrFN/c14-13-5-4-10(6-11(13)8-16)9-2-1-3-12(15)7-9/h1-7H,8,16H2. The molecule has 0 fully saturated rings. The summed E-state index contributed by atoms with van der Waals surface area (Å²) >= 11 is 3.42. The summed E-state index contributed by atoms with van der Waals surface area (Å²) in [7, 11) is 0. The van der Waals surface area contributed by atoms with Crippen LogP contribution in [-0.4, -0.2) is 0 Å². The second kappa shape index (κ2) is 4.76. The summed E-state index contributed by atoms with van der Waals surface area (Å²) in [5.41, 5.74) is 8.48. The van der Waals surface area contributed by atoms with Crippen molar-refractivity contribution in [2.75, 3.05) is 0 Å². The van der Waals surface area contributed by atoms with E-state index in [0.717, 1.165) is 21.2 Å². The van der Waals surface area contributed by atoms with Crippen LogP contribution in [-0.2, 0) is 6.54 Å². The Labute approximate surface area is 102 Å². The van der Waals surface area contributed by atoms with Gasteiger partial charge in [0.2, 0.25) is 0 Å². The summed E-state index contributed by atoms with van der Waals surface area (Å²) in [6.45, 7) is 0.462. The number of rotatable bonds is 2. The monoisotopic (exact) mass is 279 g/mol. The summed E-state index contributed by atoms with van der Waals surface area (Å²) in [4.78, 5) is 0. The van der Waals surface area contributed by atoms with Crippen molar-refractivity contribution in [1.82, 2.24) is 0 Å². The minimum atomic E-state index is -0.227. The molecule has 0 aromatic heterocycles. The molecule has 3 heteroatoms. The van der Waals surface area contributed by atoms with Gasteiger partial charge in [0.15, 0.2) is 0 Å². The molecule has 2 rings (SSSR count). The van der Waals surface area contributed by atoms with E-state index >= 15 is 0 Å². The highest BCUT2D eigenvalue weighted by molar-refractivity contribution is 9.10. The summed E-state index contributed by atoms with van der Waals surface area (Å²) < 4.78 is 14.1. The van der Waals surface area contributed by atoms with Gasteiger partial charge in [-0.15, -0.1) is 0 Å². The SMILES string of the molecule is NCc1cc(-c2cccc(F)c2)ccc1Br. The molecule has 0 aliphatic rings. The Bertz CT molecular complexity index is 511. The summed E-state index contributed by atoms with van der Waals surface area (Å²) in [5, 5.41) is 0. The molecule has 0 saturated carbocycles. The van der Waals surface area contributed by atoms with Crippen LogP contribution in [0.5, 0.6) is 0 Å². The van der Waals surface area contributed by atoms with Crippen molar-refractivity contribution < 1.29 is 4.39 Å². The van der Waals surface area contributed by atoms with Gasteiger partial charge in [0.05, 0.1) is 0 Å². The van der Waals surface area contributed by atoms with Crippen molar-refractivity contribution in [2.24, 2.45) is 5.73 Å². The molecule has 0 radical (unpaired) electrons. The van der Waals surface area contributed by atoms with Crippen molar-refractivity contribution in [3.05, 3.63) is 58.3 Å². The highest BCUT2D eigenvalue weighted by atomic mass is 79.9. The van der Waals surface area contributed by atoms with Crippen molar-refractivity contribution in [1.29, 1.82) is 0 Å². The molecule has 0 unspecified atom stereocenters. The van der Waals surface area contributed by atoms with Crippen LogP contribution in [0.1, 0.15) is 5.56 Å². The third-order valence-electron chi connectivity index (χ3n) is 2.42. The maximum absolute atomic E-state index is 13.1. The van der Waals surface area contributed by atoms with Crippen molar-refractivity contribution in [2.45, 2.75) is 6.54 Å². The topological polar surface area (TPSA) is 26.0 Å². The Balaban J connectivity index is 2.48. The van der Waals surface area contributed by atoms with Gasteiger partial charge in [-0.3, -0.25) is 0 Å². The average Bonchev–Trinajstić information content (AvgIpc) is 2.29. The van der Waals surface area contributed by atoms with Gasteiger partial charge in [-0.25, -0.2) is 4.39 Å². The Morgan fingerprint density at radius 3 is 2.50 bits per heavy atom. The zero-order valence-electron chi connectivity index (χ0n) is 8.58. The molecule has 2 aromatic carbocycles. The predicted molar refractivity (Wildman–Crippen MR) is 67.4 cm³/mol. The van der Waals surface area contributed by atoms with Crippen LogP contribution in [0, 0.1) is 5.82 Å². The fourth-order valence-corrected chi connectivity index (χ4v) is 1.99. The molecule has 2 aromatic rings. The van der Waals surface area contributed by atoms with E-state index in [-0.39, 0.29) is 5.82 Å². The quantitative estimate of drug-likeness (QED) is 0.891. The number of hydrogen-bond acceptors (Lipinski definition) is 1. The first kappa shape index (κ1) is 11.3. The van der Waals surface area contributed by atoms with Crippen molar-refractivity contribution in [3.63, 3.8) is 0 Å². The molecule has 0 bridgehead atoms. The van der Waals surface area contributed by atoms with Crippen LogP contribution in [0.15, 0.2) is 46.9 Å². The minimum Gasteiger partial charge on any atom is -0.326 e. The lowest BCUT2D eigenvalue weighted by atomic mass is 10.0. The number of hydrogen-bond donors (Lipinski definition) is 1. The van der Waals surface area contributed by atoms with E-state index in [1.165, 1.54) is 12.1 Å². The maximum Gasteiger partial charge on any atom is 0.123 e. The average molecular weight is 280 g/mol. The fraction of sp³-hybridized carbons (Fsp3) is 0.0769. The van der Waals surface area contributed by atoms with Gasteiger partial charge in [0.25, 0.3) is 0 Å². The van der Waals surface area contributed by atoms with Crippen LogP contribution >= 0.6 is 15.9 Å². The van der Waals surface area contributed by atoms with Gasteiger partial charge in [-0.2, -0.15) is 0 Å². The molecule has 0 amide bonds. The first-order chi connectivity index (χ1) is 7.70. The Morgan fingerprint density at radius 2 is 1.81 bits per heavy atom. The zero-order chi connectivity index (χ0) is 11.5. The largest absolute Gasteiger partial charge is 0.326 e. The van der Waals surface area contributed by atoms with E-state index < -0.39 is 0 Å². The number of benzene rings is 2. The molecule has 0 aliphatic carbocycles. The van der Waals surface area contributed by atoms with E-state index in [1.54, 1.807) is 6.07 Å². The van der Waals surface area contributed by atoms with E-state index in [2.05, 4.69) is 15.9 Å². The Morgan fingerprint density at radius 1 is 1.06 bits per heavy atom. The highest BCUT2D eigenvalue weighted by Crippen LogP contribution is 2.25. The van der Waals surface area contributed by atoms with Crippen LogP contribution in [0.3, 0.4) is 0 Å². The second-order valence-electron chi connectivity index (χ2n) is 3.52. The van der Waals surface area contributed by atoms with E-state index in [4.69, 9.17) is 5.73 Å². The predicted octanol–water partition coefficient (Wildman–Crippen LogP) is 3.71. The Hall–Kier alpha value is -1.19. The van der Waals surface area contributed by atoms with E-state index in [1.807, 2.05) is 24.3 Å². The van der Waals surface area contributed by atoms with Crippen molar-refractivity contribution >= 4 is 15.9 Å². The Kier molecular flexibility index (Phi) is 3.36. The second-order valence-corrected chi connectivity index (χ2v) is 4.37. The third kappa shape index (κ3) is 2.31. The molecule has 0 atom stereocenters. The number of halogens is 2. The van der Waals surface area contributed by atoms with Crippen LogP contribution in [0.2, 0.25) is 0 Å². The molecule has 16 heavy (non-hydrogen) atoms. The summed E-state index contributed by atoms with van der Waals surface area (Å²) in [6.07, 6.45) is 0. The first-order valence-electron chi connectivity index (χ1n) is 4.95. The lowest BCUT2D eigenvalue weighted by Gasteiger charge is -2.06. The van der Waals surface area contributed by atoms with Gasteiger partial charge < -0.3 is 5.73 Å². The van der Waals surface area contributed by atoms with Crippen LogP contribution < -0.4 is 5.73 Å². The molecular weight excluding hydrogens is 269 g/mol. The maximum atomic E-state index is 13.1. The first-order valence-corrected chi connectivity index (χ1v) is 5.74. The van der Waals surface area contributed by atoms with Gasteiger partial charge >= 0.3 is 0 Å². The van der Waals surface area contributed by atoms with Gasteiger partial charge in [-0.1, -0.05) is 34.1 Å². The number of nitrogens with two attached hydrogens (primary N) is 1. The van der Waals surface area contributed by atoms with Gasteiger partial charge in [0, 0.05) is 11.0 Å². The summed E-state index contributed by atoms with van der Waals surface area (Å²) in [6, 6.07) is 12.4. The molecular formula is C13H11BrFN. The van der Waals surface area contributed by atoms with Crippen LogP contribution in [0.4, 0.5) is 4.39 Å². The fourth-order valence-electron chi connectivity index (χ4n) is 1.58. The van der Waals surface area contributed by atoms with Crippen molar-refractivity contribution in [3.8, 4) is 11.1 Å². The smallest absolute Gasteiger partial charge is 0.123 e. The van der Waals surface area contributed by atoms with E-state index in [0.29, 0.717) is 6.54 Å². The molecule has 0 aliphatic heterocycles. The molecule has 2 N–H and O–H groups in total. The lowest BCUT2D eigenvalue weighted by molar-refractivity contribution is 0.628. The third-order valence-corrected chi connectivity index (χ3v) is 3.20. The normalized spacial score (nSPS) is 10.4. The van der Waals surface area contributed by atoms with Gasteiger partial charge in [-0.05, 0) is 41.0 Å².